The molecule has 1 aromatic heterocycles. The summed E-state index contributed by atoms with van der Waals surface area (Å²) in [5, 5.41) is 1.10. The monoisotopic (exact) mass is 258 g/mol. The zero-order valence-electron chi connectivity index (χ0n) is 12.2. The lowest BCUT2D eigenvalue weighted by atomic mass is 10.1. The molecule has 3 rings (SSSR count). The summed E-state index contributed by atoms with van der Waals surface area (Å²) in [7, 11) is 1.71. The summed E-state index contributed by atoms with van der Waals surface area (Å²) in [6.07, 6.45) is 1.29. The second kappa shape index (κ2) is 5.91. The lowest BCUT2D eigenvalue weighted by Crippen LogP contribution is -2.36. The molecule has 0 amide bonds. The molecule has 0 spiro atoms. The molecule has 0 aliphatic carbocycles. The van der Waals surface area contributed by atoms with Crippen molar-refractivity contribution in [2.24, 2.45) is 0 Å². The summed E-state index contributed by atoms with van der Waals surface area (Å²) in [6.45, 7) is 8.31. The second-order valence-electron chi connectivity index (χ2n) is 4.51. The number of aryl methyl sites for hydroxylation is 1. The highest BCUT2D eigenvalue weighted by Crippen LogP contribution is 2.30. The van der Waals surface area contributed by atoms with E-state index >= 15 is 0 Å². The van der Waals surface area contributed by atoms with Gasteiger partial charge in [0.2, 0.25) is 0 Å². The molecule has 1 aliphatic rings. The van der Waals surface area contributed by atoms with E-state index in [0.29, 0.717) is 0 Å². The van der Waals surface area contributed by atoms with Crippen LogP contribution in [0.2, 0.25) is 0 Å². The van der Waals surface area contributed by atoms with Crippen LogP contribution < -0.4 is 9.64 Å². The van der Waals surface area contributed by atoms with E-state index in [0.717, 1.165) is 35.4 Å². The van der Waals surface area contributed by atoms with E-state index < -0.39 is 0 Å². The summed E-state index contributed by atoms with van der Waals surface area (Å²) < 4.78 is 5.44. The van der Waals surface area contributed by atoms with Crippen LogP contribution in [0.15, 0.2) is 24.3 Å². The Morgan fingerprint density at radius 1 is 1.16 bits per heavy atom. The van der Waals surface area contributed by atoms with Gasteiger partial charge in [-0.2, -0.15) is 0 Å². The predicted molar refractivity (Wildman–Crippen MR) is 81.2 cm³/mol. The van der Waals surface area contributed by atoms with Crippen molar-refractivity contribution in [2.45, 2.75) is 27.2 Å². The first-order chi connectivity index (χ1) is 9.28. The lowest BCUT2D eigenvalue weighted by molar-refractivity contribution is 0.419. The molecule has 0 bridgehead atoms. The highest BCUT2D eigenvalue weighted by Gasteiger charge is 2.15. The standard InChI is InChI=1S/C14H16N2O.C2H6/c1-10-8-14(17-2)12-9-11(16-6-3-7-16)4-5-13(12)15-10;1-2/h4-5,8-9H,3,6-7H2,1-2H3;1-2H3. The molecule has 0 atom stereocenters. The van der Waals surface area contributed by atoms with Gasteiger partial charge >= 0.3 is 0 Å². The molecule has 2 aromatic rings. The van der Waals surface area contributed by atoms with Crippen LogP contribution in [0.25, 0.3) is 10.9 Å². The molecule has 19 heavy (non-hydrogen) atoms. The summed E-state index contributed by atoms with van der Waals surface area (Å²) in [6, 6.07) is 8.40. The third-order valence-electron chi connectivity index (χ3n) is 3.32. The van der Waals surface area contributed by atoms with Crippen LogP contribution in [0, 0.1) is 6.92 Å². The first kappa shape index (κ1) is 13.7. The van der Waals surface area contributed by atoms with Gasteiger partial charge in [0.15, 0.2) is 0 Å². The van der Waals surface area contributed by atoms with E-state index in [-0.39, 0.29) is 0 Å². The quantitative estimate of drug-likeness (QED) is 0.819. The van der Waals surface area contributed by atoms with Crippen LogP contribution in [-0.2, 0) is 0 Å². The van der Waals surface area contributed by atoms with Crippen molar-refractivity contribution in [3.63, 3.8) is 0 Å². The maximum absolute atomic E-state index is 5.44. The van der Waals surface area contributed by atoms with Gasteiger partial charge in [-0.1, -0.05) is 13.8 Å². The third kappa shape index (κ3) is 2.65. The van der Waals surface area contributed by atoms with Crippen molar-refractivity contribution in [3.8, 4) is 5.75 Å². The molecule has 3 nitrogen and oxygen atoms in total. The summed E-state index contributed by atoms with van der Waals surface area (Å²) >= 11 is 0. The number of pyridine rings is 1. The summed E-state index contributed by atoms with van der Waals surface area (Å²) in [4.78, 5) is 6.90. The molecule has 1 fully saturated rings. The SMILES string of the molecule is CC.COc1cc(C)nc2ccc(N3CCC3)cc12. The van der Waals surface area contributed by atoms with Crippen molar-refractivity contribution >= 4 is 16.6 Å². The zero-order chi connectivity index (χ0) is 13.8. The molecule has 0 radical (unpaired) electrons. The van der Waals surface area contributed by atoms with Crippen molar-refractivity contribution < 1.29 is 4.74 Å². The van der Waals surface area contributed by atoms with E-state index in [1.165, 1.54) is 12.1 Å². The van der Waals surface area contributed by atoms with Crippen LogP contribution in [0.1, 0.15) is 26.0 Å². The fraction of sp³-hybridized carbons (Fsp3) is 0.438. The number of fused-ring (bicyclic) bond motifs is 1. The van der Waals surface area contributed by atoms with Crippen LogP contribution in [0.3, 0.4) is 0 Å². The Hall–Kier alpha value is -1.77. The molecule has 3 heteroatoms. The fourth-order valence-electron chi connectivity index (χ4n) is 2.25. The Labute approximate surface area is 115 Å². The van der Waals surface area contributed by atoms with Crippen molar-refractivity contribution in [1.82, 2.24) is 4.98 Å². The van der Waals surface area contributed by atoms with E-state index in [2.05, 4.69) is 28.1 Å². The maximum atomic E-state index is 5.44. The smallest absolute Gasteiger partial charge is 0.130 e. The van der Waals surface area contributed by atoms with E-state index in [4.69, 9.17) is 4.74 Å². The number of benzene rings is 1. The minimum Gasteiger partial charge on any atom is -0.496 e. The predicted octanol–water partition coefficient (Wildman–Crippen LogP) is 3.79. The topological polar surface area (TPSA) is 25.4 Å². The Morgan fingerprint density at radius 2 is 1.89 bits per heavy atom. The number of methoxy groups -OCH3 is 1. The minimum atomic E-state index is 0.912. The van der Waals surface area contributed by atoms with Crippen LogP contribution in [0.5, 0.6) is 5.75 Å². The van der Waals surface area contributed by atoms with Crippen LogP contribution in [-0.4, -0.2) is 25.2 Å². The highest BCUT2D eigenvalue weighted by molar-refractivity contribution is 5.88. The average molecular weight is 258 g/mol. The first-order valence-electron chi connectivity index (χ1n) is 6.98. The molecule has 1 aromatic carbocycles. The van der Waals surface area contributed by atoms with Crippen LogP contribution in [0.4, 0.5) is 5.69 Å². The molecule has 2 heterocycles. The first-order valence-corrected chi connectivity index (χ1v) is 6.98. The van der Waals surface area contributed by atoms with Gasteiger partial charge in [0, 0.05) is 35.9 Å². The number of nitrogens with zero attached hydrogens (tertiary/aromatic N) is 2. The Bertz CT molecular complexity index is 562. The maximum Gasteiger partial charge on any atom is 0.130 e. The van der Waals surface area contributed by atoms with Gasteiger partial charge in [0.25, 0.3) is 0 Å². The summed E-state index contributed by atoms with van der Waals surface area (Å²) in [5.41, 5.74) is 3.27. The van der Waals surface area contributed by atoms with Gasteiger partial charge in [-0.3, -0.25) is 4.98 Å². The van der Waals surface area contributed by atoms with Gasteiger partial charge in [0.05, 0.1) is 12.6 Å². The van der Waals surface area contributed by atoms with Gasteiger partial charge < -0.3 is 9.64 Å². The molecular formula is C16H22N2O. The Balaban J connectivity index is 0.000000637. The van der Waals surface area contributed by atoms with Crippen molar-refractivity contribution in [3.05, 3.63) is 30.0 Å². The average Bonchev–Trinajstić information content (AvgIpc) is 2.38. The molecule has 1 saturated heterocycles. The minimum absolute atomic E-state index is 0.912. The molecular weight excluding hydrogens is 236 g/mol. The normalized spacial score (nSPS) is 13.6. The Morgan fingerprint density at radius 3 is 2.47 bits per heavy atom. The fourth-order valence-corrected chi connectivity index (χ4v) is 2.25. The largest absolute Gasteiger partial charge is 0.496 e. The number of hydrogen-bond donors (Lipinski definition) is 0. The highest BCUT2D eigenvalue weighted by atomic mass is 16.5. The van der Waals surface area contributed by atoms with Crippen molar-refractivity contribution in [2.75, 3.05) is 25.1 Å². The number of aromatic nitrogens is 1. The Kier molecular flexibility index (Phi) is 4.25. The number of ether oxygens (including phenoxy) is 1. The van der Waals surface area contributed by atoms with Crippen molar-refractivity contribution in [1.29, 1.82) is 0 Å². The lowest BCUT2D eigenvalue weighted by Gasteiger charge is -2.33. The number of hydrogen-bond acceptors (Lipinski definition) is 3. The zero-order valence-corrected chi connectivity index (χ0v) is 12.2. The second-order valence-corrected chi connectivity index (χ2v) is 4.51. The number of anilines is 1. The van der Waals surface area contributed by atoms with E-state index in [1.807, 2.05) is 26.8 Å². The van der Waals surface area contributed by atoms with Gasteiger partial charge in [-0.05, 0) is 31.5 Å². The summed E-state index contributed by atoms with van der Waals surface area (Å²) in [5.74, 6) is 0.912. The number of rotatable bonds is 2. The molecule has 102 valence electrons. The molecule has 0 unspecified atom stereocenters. The van der Waals surface area contributed by atoms with Gasteiger partial charge in [-0.25, -0.2) is 0 Å². The molecule has 0 N–H and O–H groups in total. The van der Waals surface area contributed by atoms with Gasteiger partial charge in [0.1, 0.15) is 5.75 Å². The third-order valence-corrected chi connectivity index (χ3v) is 3.32. The van der Waals surface area contributed by atoms with Crippen LogP contribution >= 0.6 is 0 Å². The molecule has 0 saturated carbocycles. The molecule has 1 aliphatic heterocycles. The van der Waals surface area contributed by atoms with E-state index in [9.17, 15) is 0 Å². The van der Waals surface area contributed by atoms with E-state index in [1.54, 1.807) is 7.11 Å². The van der Waals surface area contributed by atoms with Gasteiger partial charge in [-0.15, -0.1) is 0 Å².